The SMILES string of the molecule is Cc1ccccc1N(CC(=O)O)S(=O)(=O)c1ccc(OCC(=O)O)cc1. The summed E-state index contributed by atoms with van der Waals surface area (Å²) in [6, 6.07) is 11.6. The Morgan fingerprint density at radius 3 is 2.15 bits per heavy atom. The van der Waals surface area contributed by atoms with Crippen molar-refractivity contribution in [1.29, 1.82) is 0 Å². The molecule has 2 aromatic rings. The number of hydrogen-bond donors (Lipinski definition) is 2. The van der Waals surface area contributed by atoms with Gasteiger partial charge in [-0.15, -0.1) is 0 Å². The molecule has 2 N–H and O–H groups in total. The van der Waals surface area contributed by atoms with Crippen LogP contribution in [0.2, 0.25) is 0 Å². The molecular formula is C17H17NO7S. The van der Waals surface area contributed by atoms with E-state index in [1.807, 2.05) is 0 Å². The minimum Gasteiger partial charge on any atom is -0.482 e. The zero-order chi connectivity index (χ0) is 19.3. The smallest absolute Gasteiger partial charge is 0.341 e. The molecule has 0 amide bonds. The van der Waals surface area contributed by atoms with Crippen molar-refractivity contribution in [2.45, 2.75) is 11.8 Å². The molecule has 0 saturated carbocycles. The van der Waals surface area contributed by atoms with E-state index in [0.29, 0.717) is 5.56 Å². The number of ether oxygens (including phenoxy) is 1. The topological polar surface area (TPSA) is 121 Å². The van der Waals surface area contributed by atoms with Crippen molar-refractivity contribution in [3.63, 3.8) is 0 Å². The van der Waals surface area contributed by atoms with Crippen molar-refractivity contribution in [3.8, 4) is 5.75 Å². The molecule has 26 heavy (non-hydrogen) atoms. The van der Waals surface area contributed by atoms with Gasteiger partial charge in [0.1, 0.15) is 12.3 Å². The van der Waals surface area contributed by atoms with Crippen LogP contribution < -0.4 is 9.04 Å². The van der Waals surface area contributed by atoms with Crippen molar-refractivity contribution < 1.29 is 33.0 Å². The quantitative estimate of drug-likeness (QED) is 0.716. The van der Waals surface area contributed by atoms with Gasteiger partial charge in [0.2, 0.25) is 0 Å². The van der Waals surface area contributed by atoms with E-state index in [0.717, 1.165) is 4.31 Å². The van der Waals surface area contributed by atoms with E-state index in [4.69, 9.17) is 14.9 Å². The third-order valence-electron chi connectivity index (χ3n) is 3.44. The van der Waals surface area contributed by atoms with Crippen LogP contribution >= 0.6 is 0 Å². The largest absolute Gasteiger partial charge is 0.482 e. The van der Waals surface area contributed by atoms with Crippen LogP contribution in [0, 0.1) is 6.92 Å². The number of aliphatic carboxylic acids is 2. The number of carboxylic acids is 2. The van der Waals surface area contributed by atoms with Crippen molar-refractivity contribution in [2.24, 2.45) is 0 Å². The minimum atomic E-state index is -4.14. The lowest BCUT2D eigenvalue weighted by molar-refractivity contribution is -0.139. The highest BCUT2D eigenvalue weighted by Crippen LogP contribution is 2.27. The molecule has 0 unspecified atom stereocenters. The van der Waals surface area contributed by atoms with Gasteiger partial charge in [0.25, 0.3) is 10.0 Å². The third-order valence-corrected chi connectivity index (χ3v) is 5.21. The number of carbonyl (C=O) groups is 2. The maximum atomic E-state index is 12.9. The number of para-hydroxylation sites is 1. The Balaban J connectivity index is 2.39. The maximum absolute atomic E-state index is 12.9. The first kappa shape index (κ1) is 19.3. The number of rotatable bonds is 8. The van der Waals surface area contributed by atoms with E-state index in [1.54, 1.807) is 25.1 Å². The molecule has 0 heterocycles. The number of nitrogens with zero attached hydrogens (tertiary/aromatic N) is 1. The Morgan fingerprint density at radius 2 is 1.62 bits per heavy atom. The third kappa shape index (κ3) is 4.51. The summed E-state index contributed by atoms with van der Waals surface area (Å²) in [5.74, 6) is -2.26. The fourth-order valence-corrected chi connectivity index (χ4v) is 3.72. The summed E-state index contributed by atoms with van der Waals surface area (Å²) in [6.07, 6.45) is 0. The van der Waals surface area contributed by atoms with Gasteiger partial charge in [0.05, 0.1) is 10.6 Å². The zero-order valence-corrected chi connectivity index (χ0v) is 14.6. The van der Waals surface area contributed by atoms with Crippen LogP contribution in [0.1, 0.15) is 5.56 Å². The van der Waals surface area contributed by atoms with Crippen molar-refractivity contribution in [1.82, 2.24) is 0 Å². The molecule has 0 aliphatic heterocycles. The summed E-state index contributed by atoms with van der Waals surface area (Å²) in [5, 5.41) is 17.7. The molecule has 0 fully saturated rings. The summed E-state index contributed by atoms with van der Waals surface area (Å²) in [6.45, 7) is 0.396. The molecule has 9 heteroatoms. The molecule has 2 aromatic carbocycles. The second-order valence-corrected chi connectivity index (χ2v) is 7.21. The number of benzene rings is 2. The Kier molecular flexibility index (Phi) is 5.83. The Bertz CT molecular complexity index is 907. The average molecular weight is 379 g/mol. The highest BCUT2D eigenvalue weighted by Gasteiger charge is 2.28. The van der Waals surface area contributed by atoms with Crippen molar-refractivity contribution in [2.75, 3.05) is 17.5 Å². The van der Waals surface area contributed by atoms with Crippen LogP contribution in [-0.2, 0) is 19.6 Å². The van der Waals surface area contributed by atoms with Gasteiger partial charge in [-0.25, -0.2) is 13.2 Å². The van der Waals surface area contributed by atoms with Crippen LogP contribution in [0.3, 0.4) is 0 Å². The molecular weight excluding hydrogens is 362 g/mol. The van der Waals surface area contributed by atoms with Gasteiger partial charge in [-0.3, -0.25) is 9.10 Å². The normalized spacial score (nSPS) is 11.0. The van der Waals surface area contributed by atoms with Gasteiger partial charge in [0.15, 0.2) is 6.61 Å². The molecule has 138 valence electrons. The molecule has 0 saturated heterocycles. The lowest BCUT2D eigenvalue weighted by atomic mass is 10.2. The maximum Gasteiger partial charge on any atom is 0.341 e. The Morgan fingerprint density at radius 1 is 1.00 bits per heavy atom. The van der Waals surface area contributed by atoms with E-state index in [2.05, 4.69) is 0 Å². The fourth-order valence-electron chi connectivity index (χ4n) is 2.25. The average Bonchev–Trinajstić information content (AvgIpc) is 2.58. The second-order valence-electron chi connectivity index (χ2n) is 5.35. The predicted octanol–water partition coefficient (Wildman–Crippen LogP) is 1.74. The number of aryl methyl sites for hydroxylation is 1. The highest BCUT2D eigenvalue weighted by atomic mass is 32.2. The molecule has 0 spiro atoms. The fraction of sp³-hybridized carbons (Fsp3) is 0.176. The molecule has 8 nitrogen and oxygen atoms in total. The van der Waals surface area contributed by atoms with Crippen molar-refractivity contribution >= 4 is 27.6 Å². The number of hydrogen-bond acceptors (Lipinski definition) is 5. The molecule has 2 rings (SSSR count). The molecule has 0 atom stereocenters. The van der Waals surface area contributed by atoms with Crippen LogP contribution in [0.4, 0.5) is 5.69 Å². The Labute approximate surface area is 150 Å². The number of sulfonamides is 1. The van der Waals surface area contributed by atoms with E-state index in [-0.39, 0.29) is 16.3 Å². The summed E-state index contributed by atoms with van der Waals surface area (Å²) >= 11 is 0. The first-order valence-corrected chi connectivity index (χ1v) is 8.90. The number of anilines is 1. The molecule has 0 aliphatic carbocycles. The van der Waals surface area contributed by atoms with E-state index < -0.39 is 35.1 Å². The minimum absolute atomic E-state index is 0.135. The highest BCUT2D eigenvalue weighted by molar-refractivity contribution is 7.92. The van der Waals surface area contributed by atoms with Crippen LogP contribution in [0.25, 0.3) is 0 Å². The molecule has 0 aliphatic rings. The zero-order valence-electron chi connectivity index (χ0n) is 13.8. The Hall–Kier alpha value is -3.07. The summed E-state index contributed by atoms with van der Waals surface area (Å²) in [5.41, 5.74) is 0.875. The van der Waals surface area contributed by atoms with Gasteiger partial charge < -0.3 is 14.9 Å². The van der Waals surface area contributed by atoms with E-state index in [9.17, 15) is 18.0 Å². The monoisotopic (exact) mass is 379 g/mol. The molecule has 0 bridgehead atoms. The lowest BCUT2D eigenvalue weighted by Crippen LogP contribution is -2.36. The molecule has 0 radical (unpaired) electrons. The van der Waals surface area contributed by atoms with Crippen molar-refractivity contribution in [3.05, 3.63) is 54.1 Å². The lowest BCUT2D eigenvalue weighted by Gasteiger charge is -2.24. The number of carboxylic acid groups (broad SMARTS) is 2. The van der Waals surface area contributed by atoms with Gasteiger partial charge in [-0.05, 0) is 42.8 Å². The van der Waals surface area contributed by atoms with E-state index in [1.165, 1.54) is 30.3 Å². The first-order valence-electron chi connectivity index (χ1n) is 7.46. The first-order chi connectivity index (χ1) is 12.2. The van der Waals surface area contributed by atoms with Gasteiger partial charge in [-0.1, -0.05) is 18.2 Å². The van der Waals surface area contributed by atoms with Crippen LogP contribution in [0.5, 0.6) is 5.75 Å². The summed E-state index contributed by atoms with van der Waals surface area (Å²) < 4.78 is 31.6. The van der Waals surface area contributed by atoms with Crippen LogP contribution in [0.15, 0.2) is 53.4 Å². The van der Waals surface area contributed by atoms with Crippen LogP contribution in [-0.4, -0.2) is 43.7 Å². The summed E-state index contributed by atoms with van der Waals surface area (Å²) in [4.78, 5) is 21.6. The predicted molar refractivity (Wildman–Crippen MR) is 92.9 cm³/mol. The van der Waals surface area contributed by atoms with E-state index >= 15 is 0 Å². The van der Waals surface area contributed by atoms with Gasteiger partial charge >= 0.3 is 11.9 Å². The standard InChI is InChI=1S/C17H17NO7S/c1-12-4-2-3-5-15(12)18(10-16(19)20)26(23,24)14-8-6-13(7-9-14)25-11-17(21)22/h2-9H,10-11H2,1H3,(H,19,20)(H,21,22). The van der Waals surface area contributed by atoms with Gasteiger partial charge in [0, 0.05) is 0 Å². The molecule has 0 aromatic heterocycles. The second kappa shape index (κ2) is 7.87. The van der Waals surface area contributed by atoms with Gasteiger partial charge in [-0.2, -0.15) is 0 Å². The summed E-state index contributed by atoms with van der Waals surface area (Å²) in [7, 11) is -4.14.